The summed E-state index contributed by atoms with van der Waals surface area (Å²) in [5.74, 6) is -0.485. The Morgan fingerprint density at radius 2 is 2.00 bits per heavy atom. The Kier molecular flexibility index (Phi) is 3.18. The third-order valence-electron chi connectivity index (χ3n) is 3.82. The van der Waals surface area contributed by atoms with E-state index in [4.69, 9.17) is 4.74 Å². The zero-order chi connectivity index (χ0) is 12.5. The van der Waals surface area contributed by atoms with Gasteiger partial charge in [0.15, 0.2) is 0 Å². The molecule has 0 unspecified atom stereocenters. The van der Waals surface area contributed by atoms with Crippen molar-refractivity contribution >= 4 is 5.97 Å². The van der Waals surface area contributed by atoms with Gasteiger partial charge in [-0.05, 0) is 37.0 Å². The van der Waals surface area contributed by atoms with Gasteiger partial charge in [0.2, 0.25) is 0 Å². The lowest BCUT2D eigenvalue weighted by Crippen LogP contribution is -2.35. The molecule has 0 bridgehead atoms. The second-order valence-corrected chi connectivity index (χ2v) is 4.69. The van der Waals surface area contributed by atoms with Gasteiger partial charge in [-0.2, -0.15) is 0 Å². The maximum absolute atomic E-state index is 13.6. The largest absolute Gasteiger partial charge is 0.468 e. The lowest BCUT2D eigenvalue weighted by atomic mass is 9.77. The quantitative estimate of drug-likeness (QED) is 0.737. The molecule has 0 aliphatic heterocycles. The number of benzene rings is 1. The Balaban J connectivity index is 2.53. The first-order valence-corrected chi connectivity index (χ1v) is 5.96. The maximum atomic E-state index is 13.6. The predicted octanol–water partition coefficient (Wildman–Crippen LogP) is 3.12. The summed E-state index contributed by atoms with van der Waals surface area (Å²) in [7, 11) is 1.40. The molecule has 0 atom stereocenters. The van der Waals surface area contributed by atoms with E-state index < -0.39 is 5.41 Å². The number of halogens is 1. The van der Waals surface area contributed by atoms with Gasteiger partial charge in [0.25, 0.3) is 0 Å². The van der Waals surface area contributed by atoms with Gasteiger partial charge < -0.3 is 4.74 Å². The Labute approximate surface area is 101 Å². The predicted molar refractivity (Wildman–Crippen MR) is 63.3 cm³/mol. The van der Waals surface area contributed by atoms with E-state index in [0.29, 0.717) is 5.56 Å². The van der Waals surface area contributed by atoms with E-state index in [2.05, 4.69) is 0 Å². The van der Waals surface area contributed by atoms with E-state index in [9.17, 15) is 9.18 Å². The summed E-state index contributed by atoms with van der Waals surface area (Å²) >= 11 is 0. The van der Waals surface area contributed by atoms with Crippen molar-refractivity contribution in [1.82, 2.24) is 0 Å². The van der Waals surface area contributed by atoms with Crippen LogP contribution in [0.15, 0.2) is 18.2 Å². The van der Waals surface area contributed by atoms with E-state index in [1.807, 2.05) is 6.07 Å². The summed E-state index contributed by atoms with van der Waals surface area (Å²) < 4.78 is 18.5. The highest BCUT2D eigenvalue weighted by atomic mass is 19.1. The smallest absolute Gasteiger partial charge is 0.316 e. The second-order valence-electron chi connectivity index (χ2n) is 4.69. The van der Waals surface area contributed by atoms with Crippen molar-refractivity contribution in [2.45, 2.75) is 38.0 Å². The van der Waals surface area contributed by atoms with Crippen molar-refractivity contribution in [2.75, 3.05) is 7.11 Å². The molecule has 17 heavy (non-hydrogen) atoms. The molecular formula is C14H17FO2. The lowest BCUT2D eigenvalue weighted by molar-refractivity contribution is -0.147. The molecule has 1 fully saturated rings. The zero-order valence-electron chi connectivity index (χ0n) is 10.3. The molecule has 92 valence electrons. The number of methoxy groups -OCH3 is 1. The summed E-state index contributed by atoms with van der Waals surface area (Å²) in [5.41, 5.74) is 0.739. The van der Waals surface area contributed by atoms with Crippen LogP contribution in [0.3, 0.4) is 0 Å². The van der Waals surface area contributed by atoms with E-state index in [-0.39, 0.29) is 11.8 Å². The third-order valence-corrected chi connectivity index (χ3v) is 3.82. The normalized spacial score (nSPS) is 18.1. The van der Waals surface area contributed by atoms with Crippen LogP contribution in [0.1, 0.15) is 36.8 Å². The monoisotopic (exact) mass is 236 g/mol. The molecule has 0 spiro atoms. The molecule has 0 radical (unpaired) electrons. The number of hydrogen-bond acceptors (Lipinski definition) is 2. The fourth-order valence-corrected chi connectivity index (χ4v) is 2.88. The lowest BCUT2D eigenvalue weighted by Gasteiger charge is -2.28. The summed E-state index contributed by atoms with van der Waals surface area (Å²) in [6, 6.07) is 4.94. The molecule has 1 saturated carbocycles. The van der Waals surface area contributed by atoms with Gasteiger partial charge in [0, 0.05) is 0 Å². The van der Waals surface area contributed by atoms with Crippen LogP contribution in [-0.4, -0.2) is 13.1 Å². The van der Waals surface area contributed by atoms with Gasteiger partial charge in [-0.25, -0.2) is 4.39 Å². The van der Waals surface area contributed by atoms with Crippen molar-refractivity contribution in [3.05, 3.63) is 35.1 Å². The second kappa shape index (κ2) is 4.47. The van der Waals surface area contributed by atoms with Crippen LogP contribution in [0, 0.1) is 12.7 Å². The Bertz CT molecular complexity index is 434. The van der Waals surface area contributed by atoms with Crippen LogP contribution < -0.4 is 0 Å². The Hall–Kier alpha value is -1.38. The number of hydrogen-bond donors (Lipinski definition) is 0. The highest BCUT2D eigenvalue weighted by molar-refractivity contribution is 5.84. The van der Waals surface area contributed by atoms with Crippen molar-refractivity contribution in [1.29, 1.82) is 0 Å². The summed E-state index contributed by atoms with van der Waals surface area (Å²) in [5, 5.41) is 0. The molecule has 1 aromatic carbocycles. The average Bonchev–Trinajstić information content (AvgIpc) is 2.82. The fraction of sp³-hybridized carbons (Fsp3) is 0.500. The number of carbonyl (C=O) groups excluding carboxylic acids is 1. The Morgan fingerprint density at radius 3 is 2.59 bits per heavy atom. The zero-order valence-corrected chi connectivity index (χ0v) is 10.3. The van der Waals surface area contributed by atoms with Crippen molar-refractivity contribution in [2.24, 2.45) is 0 Å². The Morgan fingerprint density at radius 1 is 1.35 bits per heavy atom. The van der Waals surface area contributed by atoms with Crippen LogP contribution >= 0.6 is 0 Å². The SMILES string of the molecule is COC(=O)C1(c2cccc(F)c2C)CCCC1. The molecule has 0 amide bonds. The van der Waals surface area contributed by atoms with Crippen molar-refractivity contribution < 1.29 is 13.9 Å². The van der Waals surface area contributed by atoms with Gasteiger partial charge >= 0.3 is 5.97 Å². The molecule has 0 heterocycles. The minimum atomic E-state index is -0.624. The van der Waals surface area contributed by atoms with E-state index in [0.717, 1.165) is 31.2 Å². The van der Waals surface area contributed by atoms with Gasteiger partial charge in [-0.15, -0.1) is 0 Å². The summed E-state index contributed by atoms with van der Waals surface area (Å²) in [4.78, 5) is 12.1. The number of rotatable bonds is 2. The van der Waals surface area contributed by atoms with E-state index >= 15 is 0 Å². The van der Waals surface area contributed by atoms with Crippen molar-refractivity contribution in [3.8, 4) is 0 Å². The first kappa shape index (κ1) is 12.1. The highest BCUT2D eigenvalue weighted by Gasteiger charge is 2.44. The van der Waals surface area contributed by atoms with Crippen LogP contribution in [-0.2, 0) is 14.9 Å². The van der Waals surface area contributed by atoms with Gasteiger partial charge in [-0.1, -0.05) is 25.0 Å². The molecule has 1 aliphatic rings. The molecule has 2 nitrogen and oxygen atoms in total. The molecule has 2 rings (SSSR count). The topological polar surface area (TPSA) is 26.3 Å². The van der Waals surface area contributed by atoms with Crippen LogP contribution in [0.4, 0.5) is 4.39 Å². The van der Waals surface area contributed by atoms with Crippen LogP contribution in [0.2, 0.25) is 0 Å². The molecule has 0 aromatic heterocycles. The molecule has 1 aliphatic carbocycles. The highest BCUT2D eigenvalue weighted by Crippen LogP contribution is 2.43. The molecule has 3 heteroatoms. The standard InChI is InChI=1S/C14H17FO2/c1-10-11(6-5-7-12(10)15)14(13(16)17-2)8-3-4-9-14/h5-7H,3-4,8-9H2,1-2H3. The molecule has 1 aromatic rings. The van der Waals surface area contributed by atoms with Gasteiger partial charge in [0.1, 0.15) is 5.82 Å². The summed E-state index contributed by atoms with van der Waals surface area (Å²) in [6.07, 6.45) is 3.49. The minimum absolute atomic E-state index is 0.233. The first-order chi connectivity index (χ1) is 8.12. The average molecular weight is 236 g/mol. The molecular weight excluding hydrogens is 219 g/mol. The van der Waals surface area contributed by atoms with Crippen molar-refractivity contribution in [3.63, 3.8) is 0 Å². The number of esters is 1. The number of ether oxygens (including phenoxy) is 1. The first-order valence-electron chi connectivity index (χ1n) is 5.96. The maximum Gasteiger partial charge on any atom is 0.316 e. The fourth-order valence-electron chi connectivity index (χ4n) is 2.88. The van der Waals surface area contributed by atoms with Crippen LogP contribution in [0.25, 0.3) is 0 Å². The van der Waals surface area contributed by atoms with Gasteiger partial charge in [0.05, 0.1) is 12.5 Å². The van der Waals surface area contributed by atoms with Crippen LogP contribution in [0.5, 0.6) is 0 Å². The number of carbonyl (C=O) groups is 1. The van der Waals surface area contributed by atoms with E-state index in [1.54, 1.807) is 13.0 Å². The van der Waals surface area contributed by atoms with E-state index in [1.165, 1.54) is 13.2 Å². The molecule has 0 N–H and O–H groups in total. The third kappa shape index (κ3) is 1.84. The van der Waals surface area contributed by atoms with Gasteiger partial charge in [-0.3, -0.25) is 4.79 Å². The summed E-state index contributed by atoms with van der Waals surface area (Å²) in [6.45, 7) is 1.73. The molecule has 0 saturated heterocycles. The minimum Gasteiger partial charge on any atom is -0.468 e.